The van der Waals surface area contributed by atoms with E-state index < -0.39 is 0 Å². The van der Waals surface area contributed by atoms with E-state index in [4.69, 9.17) is 5.84 Å². The molecular formula is C3H7N3S. The number of nitrogens with two attached hydrogens (primary N) is 1. The maximum atomic E-state index is 5.29. The Kier molecular flexibility index (Phi) is 1.21. The van der Waals surface area contributed by atoms with E-state index in [-0.39, 0.29) is 0 Å². The van der Waals surface area contributed by atoms with Crippen LogP contribution < -0.4 is 5.84 Å². The summed E-state index contributed by atoms with van der Waals surface area (Å²) < 4.78 is 0. The lowest BCUT2D eigenvalue weighted by Crippen LogP contribution is -2.28. The summed E-state index contributed by atoms with van der Waals surface area (Å²) in [5, 5.41) is 5.52. The number of thioether (sulfide) groups is 1. The molecule has 1 rings (SSSR count). The molecule has 7 heavy (non-hydrogen) atoms. The highest BCUT2D eigenvalue weighted by Crippen LogP contribution is 2.14. The quantitative estimate of drug-likeness (QED) is 0.461. The topological polar surface area (TPSA) is 41.6 Å². The molecule has 0 fully saturated rings. The molecule has 0 spiro atoms. The Morgan fingerprint density at radius 1 is 2.00 bits per heavy atom. The van der Waals surface area contributed by atoms with Crippen molar-refractivity contribution in [2.24, 2.45) is 10.9 Å². The van der Waals surface area contributed by atoms with Gasteiger partial charge in [-0.1, -0.05) is 11.8 Å². The van der Waals surface area contributed by atoms with Gasteiger partial charge in [-0.25, -0.2) is 11.0 Å². The SMILES string of the molecule is CC1SC=NN1N. The molecule has 4 heteroatoms. The largest absolute Gasteiger partial charge is 0.230 e. The Balaban J connectivity index is 2.45. The number of rotatable bonds is 0. The van der Waals surface area contributed by atoms with Crippen LogP contribution in [-0.4, -0.2) is 16.0 Å². The first-order valence-corrected chi connectivity index (χ1v) is 2.97. The molecule has 0 amide bonds. The predicted octanol–water partition coefficient (Wildman–Crippen LogP) is 0.198. The van der Waals surface area contributed by atoms with Crippen molar-refractivity contribution in [3.63, 3.8) is 0 Å². The van der Waals surface area contributed by atoms with Crippen molar-refractivity contribution < 1.29 is 0 Å². The van der Waals surface area contributed by atoms with E-state index in [1.807, 2.05) is 6.92 Å². The van der Waals surface area contributed by atoms with Crippen LogP contribution >= 0.6 is 11.8 Å². The van der Waals surface area contributed by atoms with Crippen LogP contribution in [0.1, 0.15) is 6.92 Å². The van der Waals surface area contributed by atoms with Crippen LogP contribution in [0.2, 0.25) is 0 Å². The Morgan fingerprint density at radius 3 is 2.86 bits per heavy atom. The van der Waals surface area contributed by atoms with Crippen LogP contribution in [-0.2, 0) is 0 Å². The summed E-state index contributed by atoms with van der Waals surface area (Å²) in [5.41, 5.74) is 1.74. The van der Waals surface area contributed by atoms with Crippen LogP contribution in [0.5, 0.6) is 0 Å². The highest BCUT2D eigenvalue weighted by molar-refractivity contribution is 8.12. The molecule has 0 saturated heterocycles. The van der Waals surface area contributed by atoms with Gasteiger partial charge >= 0.3 is 0 Å². The summed E-state index contributed by atoms with van der Waals surface area (Å²) in [7, 11) is 0. The van der Waals surface area contributed by atoms with Crippen molar-refractivity contribution in [2.45, 2.75) is 12.3 Å². The van der Waals surface area contributed by atoms with Crippen molar-refractivity contribution in [3.8, 4) is 0 Å². The first-order chi connectivity index (χ1) is 3.30. The zero-order valence-electron chi connectivity index (χ0n) is 4.03. The van der Waals surface area contributed by atoms with E-state index in [9.17, 15) is 0 Å². The van der Waals surface area contributed by atoms with Gasteiger partial charge in [-0.05, 0) is 6.92 Å². The average Bonchev–Trinajstić information content (AvgIpc) is 1.91. The first kappa shape index (κ1) is 4.93. The van der Waals surface area contributed by atoms with Crippen molar-refractivity contribution >= 4 is 17.3 Å². The molecule has 1 heterocycles. The molecule has 0 aromatic carbocycles. The molecule has 0 aromatic rings. The second-order valence-electron chi connectivity index (χ2n) is 1.34. The summed E-state index contributed by atoms with van der Waals surface area (Å²) in [6.07, 6.45) is 0. The van der Waals surface area contributed by atoms with Crippen molar-refractivity contribution in [1.29, 1.82) is 0 Å². The number of hydrazine groups is 1. The molecule has 40 valence electrons. The van der Waals surface area contributed by atoms with E-state index in [0.717, 1.165) is 0 Å². The monoisotopic (exact) mass is 117 g/mol. The standard InChI is InChI=1S/C3H7N3S/c1-3-6(4)5-2-7-3/h2-3H,4H2,1H3. The van der Waals surface area contributed by atoms with E-state index in [1.54, 1.807) is 17.3 Å². The van der Waals surface area contributed by atoms with Gasteiger partial charge in [-0.3, -0.25) is 0 Å². The third kappa shape index (κ3) is 0.863. The van der Waals surface area contributed by atoms with Crippen LogP contribution in [0.3, 0.4) is 0 Å². The first-order valence-electron chi connectivity index (χ1n) is 2.02. The third-order valence-corrected chi connectivity index (χ3v) is 1.64. The van der Waals surface area contributed by atoms with Gasteiger partial charge in [0.15, 0.2) is 0 Å². The zero-order valence-corrected chi connectivity index (χ0v) is 4.85. The molecule has 1 aliphatic heterocycles. The molecule has 0 aromatic heterocycles. The zero-order chi connectivity index (χ0) is 5.28. The molecular weight excluding hydrogens is 110 g/mol. The fraction of sp³-hybridized carbons (Fsp3) is 0.667. The second-order valence-corrected chi connectivity index (χ2v) is 2.50. The molecule has 3 nitrogen and oxygen atoms in total. The maximum absolute atomic E-state index is 5.29. The third-order valence-electron chi connectivity index (χ3n) is 0.811. The minimum Gasteiger partial charge on any atom is -0.230 e. The van der Waals surface area contributed by atoms with Gasteiger partial charge in [0, 0.05) is 0 Å². The normalized spacial score (nSPS) is 29.4. The van der Waals surface area contributed by atoms with E-state index >= 15 is 0 Å². The lowest BCUT2D eigenvalue weighted by atomic mass is 10.8. The van der Waals surface area contributed by atoms with E-state index in [1.165, 1.54) is 5.12 Å². The lowest BCUT2D eigenvalue weighted by Gasteiger charge is -2.09. The summed E-state index contributed by atoms with van der Waals surface area (Å²) >= 11 is 1.61. The van der Waals surface area contributed by atoms with Gasteiger partial charge in [-0.15, -0.1) is 0 Å². The van der Waals surface area contributed by atoms with Crippen molar-refractivity contribution in [3.05, 3.63) is 0 Å². The van der Waals surface area contributed by atoms with Crippen molar-refractivity contribution in [1.82, 2.24) is 5.12 Å². The second kappa shape index (κ2) is 1.71. The molecule has 1 unspecified atom stereocenters. The van der Waals surface area contributed by atoms with Gasteiger partial charge in [0.1, 0.15) is 5.37 Å². The fourth-order valence-electron chi connectivity index (χ4n) is 0.326. The highest BCUT2D eigenvalue weighted by atomic mass is 32.2. The number of nitrogens with zero attached hydrogens (tertiary/aromatic N) is 2. The smallest absolute Gasteiger partial charge is 0.112 e. The van der Waals surface area contributed by atoms with Gasteiger partial charge in [0.2, 0.25) is 0 Å². The summed E-state index contributed by atoms with van der Waals surface area (Å²) in [6, 6.07) is 0. The van der Waals surface area contributed by atoms with Crippen molar-refractivity contribution in [2.75, 3.05) is 0 Å². The summed E-state index contributed by atoms with van der Waals surface area (Å²) in [4.78, 5) is 0. The molecule has 1 aliphatic rings. The Bertz CT molecular complexity index is 92.2. The van der Waals surface area contributed by atoms with Gasteiger partial charge in [0.05, 0.1) is 5.55 Å². The highest BCUT2D eigenvalue weighted by Gasteiger charge is 2.10. The van der Waals surface area contributed by atoms with Gasteiger partial charge in [0.25, 0.3) is 0 Å². The van der Waals surface area contributed by atoms with E-state index in [0.29, 0.717) is 5.37 Å². The molecule has 0 bridgehead atoms. The molecule has 0 radical (unpaired) electrons. The minimum atomic E-state index is 0.319. The molecule has 0 aliphatic carbocycles. The number of hydrazone groups is 1. The van der Waals surface area contributed by atoms with E-state index in [2.05, 4.69) is 5.10 Å². The van der Waals surface area contributed by atoms with Crippen LogP contribution in [0.15, 0.2) is 5.10 Å². The number of hydrogen-bond donors (Lipinski definition) is 1. The number of hydrogen-bond acceptors (Lipinski definition) is 4. The molecule has 1 atom stereocenters. The summed E-state index contributed by atoms with van der Waals surface area (Å²) in [5.74, 6) is 5.29. The maximum Gasteiger partial charge on any atom is 0.112 e. The minimum absolute atomic E-state index is 0.319. The van der Waals surface area contributed by atoms with Crippen LogP contribution in [0, 0.1) is 0 Å². The molecule has 0 saturated carbocycles. The predicted molar refractivity (Wildman–Crippen MR) is 31.6 cm³/mol. The van der Waals surface area contributed by atoms with Crippen LogP contribution in [0.25, 0.3) is 0 Å². The van der Waals surface area contributed by atoms with Gasteiger partial charge < -0.3 is 0 Å². The van der Waals surface area contributed by atoms with Gasteiger partial charge in [-0.2, -0.15) is 5.10 Å². The lowest BCUT2D eigenvalue weighted by molar-refractivity contribution is 0.301. The van der Waals surface area contributed by atoms with Crippen LogP contribution in [0.4, 0.5) is 0 Å². The summed E-state index contributed by atoms with van der Waals surface area (Å²) in [6.45, 7) is 2.00. The Morgan fingerprint density at radius 2 is 2.71 bits per heavy atom. The fourth-order valence-corrected chi connectivity index (χ4v) is 0.845. The average molecular weight is 117 g/mol. The Hall–Kier alpha value is -0.220. The molecule has 2 N–H and O–H groups in total. The Labute approximate surface area is 46.5 Å².